The highest BCUT2D eigenvalue weighted by Crippen LogP contribution is 2.38. The van der Waals surface area contributed by atoms with Crippen molar-refractivity contribution < 1.29 is 28.6 Å². The maximum atomic E-state index is 15.2. The van der Waals surface area contributed by atoms with Gasteiger partial charge in [0.05, 0.1) is 37.7 Å². The Morgan fingerprint density at radius 2 is 1.84 bits per heavy atom. The van der Waals surface area contributed by atoms with Crippen molar-refractivity contribution in [2.75, 3.05) is 39.3 Å². The first-order valence-corrected chi connectivity index (χ1v) is 12.2. The van der Waals surface area contributed by atoms with E-state index in [9.17, 15) is 14.7 Å². The Bertz CT molecular complexity index is 1280. The molecule has 10 nitrogen and oxygen atoms in total. The maximum Gasteiger partial charge on any atom is 0.407 e. The van der Waals surface area contributed by atoms with Crippen LogP contribution in [-0.2, 0) is 6.42 Å². The molecule has 3 aliphatic rings. The van der Waals surface area contributed by atoms with Gasteiger partial charge >= 0.3 is 12.1 Å². The molecular weight excluding hydrogens is 481 g/mol. The molecule has 2 fully saturated rings. The Hall–Kier alpha value is -4.02. The Labute approximate surface area is 214 Å². The number of hydrogen-bond donors (Lipinski definition) is 2. The van der Waals surface area contributed by atoms with Crippen molar-refractivity contribution in [1.82, 2.24) is 15.2 Å². The summed E-state index contributed by atoms with van der Waals surface area (Å²) in [6, 6.07) is 7.62. The van der Waals surface area contributed by atoms with E-state index in [0.717, 1.165) is 11.1 Å². The number of rotatable bonds is 4. The average Bonchev–Trinajstić information content (AvgIpc) is 3.47. The molecule has 3 heterocycles. The van der Waals surface area contributed by atoms with Gasteiger partial charge in [-0.2, -0.15) is 5.10 Å². The fourth-order valence-electron chi connectivity index (χ4n) is 5.63. The Morgan fingerprint density at radius 1 is 1.11 bits per heavy atom. The summed E-state index contributed by atoms with van der Waals surface area (Å²) in [7, 11) is 4.67. The zero-order chi connectivity index (χ0) is 26.4. The van der Waals surface area contributed by atoms with Crippen molar-refractivity contribution in [3.63, 3.8) is 0 Å². The number of piperazine rings is 1. The Balaban J connectivity index is 1.61. The van der Waals surface area contributed by atoms with E-state index in [1.165, 1.54) is 16.0 Å². The number of nitrogens with one attached hydrogen (secondary N) is 1. The van der Waals surface area contributed by atoms with E-state index in [1.54, 1.807) is 33.4 Å². The van der Waals surface area contributed by atoms with Gasteiger partial charge in [-0.25, -0.2) is 19.0 Å². The summed E-state index contributed by atoms with van der Waals surface area (Å²) in [5.41, 5.74) is 3.20. The predicted octanol–water partition coefficient (Wildman–Crippen LogP) is 3.12. The summed E-state index contributed by atoms with van der Waals surface area (Å²) in [5.74, 6) is 0.691. The molecule has 0 aromatic heterocycles. The number of carbonyl (C=O) groups excluding carboxylic acids is 1. The van der Waals surface area contributed by atoms with E-state index in [2.05, 4.69) is 5.32 Å². The number of benzene rings is 2. The number of urea groups is 1. The third-order valence-electron chi connectivity index (χ3n) is 7.44. The van der Waals surface area contributed by atoms with Crippen molar-refractivity contribution in [3.8, 4) is 11.5 Å². The van der Waals surface area contributed by atoms with Gasteiger partial charge in [-0.05, 0) is 55.7 Å². The fourth-order valence-corrected chi connectivity index (χ4v) is 5.63. The molecule has 11 heteroatoms. The molecule has 0 spiro atoms. The molecule has 0 aliphatic carbocycles. The van der Waals surface area contributed by atoms with E-state index in [0.29, 0.717) is 54.4 Å². The van der Waals surface area contributed by atoms with Crippen LogP contribution >= 0.6 is 0 Å². The molecule has 37 heavy (non-hydrogen) atoms. The molecule has 1 unspecified atom stereocenters. The smallest absolute Gasteiger partial charge is 0.407 e. The van der Waals surface area contributed by atoms with Gasteiger partial charge in [0.1, 0.15) is 5.82 Å². The molecule has 2 aromatic rings. The molecule has 2 aromatic carbocycles. The number of carboxylic acid groups (broad SMARTS) is 1. The molecule has 5 rings (SSSR count). The Kier molecular flexibility index (Phi) is 6.30. The summed E-state index contributed by atoms with van der Waals surface area (Å²) < 4.78 is 26.2. The SMILES string of the molecule is CNC(=O)N1N=C(c2ccc(F)c(N3C[C@@H]4C[C@H]3CN4C(=O)O)c2)c2cc(OC)c(OC)cc2CC1C. The zero-order valence-electron chi connectivity index (χ0n) is 21.2. The highest BCUT2D eigenvalue weighted by molar-refractivity contribution is 6.15. The first-order chi connectivity index (χ1) is 17.7. The van der Waals surface area contributed by atoms with Crippen LogP contribution in [-0.4, -0.2) is 85.3 Å². The number of fused-ring (bicyclic) bond motifs is 3. The van der Waals surface area contributed by atoms with Crippen LogP contribution in [0.2, 0.25) is 0 Å². The van der Waals surface area contributed by atoms with Gasteiger partial charge < -0.3 is 29.7 Å². The van der Waals surface area contributed by atoms with E-state index >= 15 is 4.39 Å². The molecule has 2 bridgehead atoms. The molecule has 3 amide bonds. The van der Waals surface area contributed by atoms with Crippen LogP contribution in [0.4, 0.5) is 19.7 Å². The van der Waals surface area contributed by atoms with Crippen molar-refractivity contribution in [2.45, 2.75) is 37.9 Å². The van der Waals surface area contributed by atoms with Crippen molar-refractivity contribution >= 4 is 23.5 Å². The van der Waals surface area contributed by atoms with Crippen LogP contribution in [0, 0.1) is 5.82 Å². The van der Waals surface area contributed by atoms with Crippen molar-refractivity contribution in [3.05, 3.63) is 52.8 Å². The fraction of sp³-hybridized carbons (Fsp3) is 0.423. The van der Waals surface area contributed by atoms with Crippen LogP contribution < -0.4 is 19.7 Å². The van der Waals surface area contributed by atoms with Gasteiger partial charge in [-0.3, -0.25) is 0 Å². The average molecular weight is 512 g/mol. The number of methoxy groups -OCH3 is 2. The van der Waals surface area contributed by atoms with Crippen LogP contribution in [0.25, 0.3) is 0 Å². The number of amides is 3. The normalized spacial score (nSPS) is 22.4. The van der Waals surface area contributed by atoms with Gasteiger partial charge in [0.25, 0.3) is 0 Å². The van der Waals surface area contributed by atoms with E-state index in [4.69, 9.17) is 14.6 Å². The van der Waals surface area contributed by atoms with Gasteiger partial charge in [0, 0.05) is 37.3 Å². The summed E-state index contributed by atoms with van der Waals surface area (Å²) in [5, 5.41) is 18.2. The Morgan fingerprint density at radius 3 is 2.46 bits per heavy atom. The molecule has 0 radical (unpaired) electrons. The third-order valence-corrected chi connectivity index (χ3v) is 7.44. The number of anilines is 1. The highest BCUT2D eigenvalue weighted by Gasteiger charge is 2.46. The minimum absolute atomic E-state index is 0.0963. The van der Waals surface area contributed by atoms with Gasteiger partial charge in [0.2, 0.25) is 0 Å². The largest absolute Gasteiger partial charge is 0.493 e. The lowest BCUT2D eigenvalue weighted by atomic mass is 9.93. The van der Waals surface area contributed by atoms with Crippen LogP contribution in [0.5, 0.6) is 11.5 Å². The molecule has 0 saturated carbocycles. The standard InChI is InChI=1S/C26H30FN5O5/c1-14-7-16-9-22(36-3)23(37-4)11-19(16)24(29-32(14)25(33)28-2)15-5-6-20(27)21(8-15)30-12-18-10-17(30)13-31(18)26(34)35/h5-6,8-9,11,14,17-18H,7,10,12-13H2,1-4H3,(H,28,33)(H,34,35)/t14?,17-,18-/m0/s1. The monoisotopic (exact) mass is 511 g/mol. The molecule has 2 saturated heterocycles. The van der Waals surface area contributed by atoms with E-state index in [-0.39, 0.29) is 24.2 Å². The summed E-state index contributed by atoms with van der Waals surface area (Å²) in [6.45, 7) is 2.67. The third kappa shape index (κ3) is 4.17. The second kappa shape index (κ2) is 9.45. The predicted molar refractivity (Wildman–Crippen MR) is 135 cm³/mol. The van der Waals surface area contributed by atoms with Crippen molar-refractivity contribution in [1.29, 1.82) is 0 Å². The molecule has 2 N–H and O–H groups in total. The first-order valence-electron chi connectivity index (χ1n) is 12.2. The van der Waals surface area contributed by atoms with E-state index < -0.39 is 11.9 Å². The number of carbonyl (C=O) groups is 2. The number of halogens is 1. The van der Waals surface area contributed by atoms with Crippen LogP contribution in [0.3, 0.4) is 0 Å². The minimum atomic E-state index is -0.946. The lowest BCUT2D eigenvalue weighted by molar-refractivity contribution is 0.137. The number of hydrogen-bond acceptors (Lipinski definition) is 6. The minimum Gasteiger partial charge on any atom is -0.493 e. The summed E-state index contributed by atoms with van der Waals surface area (Å²) in [6.07, 6.45) is 0.239. The van der Waals surface area contributed by atoms with Gasteiger partial charge in [0.15, 0.2) is 11.5 Å². The zero-order valence-corrected chi connectivity index (χ0v) is 21.2. The number of ether oxygens (including phenoxy) is 2. The quantitative estimate of drug-likeness (QED) is 0.653. The first kappa shape index (κ1) is 24.7. The summed E-state index contributed by atoms with van der Waals surface area (Å²) in [4.78, 5) is 27.6. The topological polar surface area (TPSA) is 107 Å². The second-order valence-corrected chi connectivity index (χ2v) is 9.56. The van der Waals surface area contributed by atoms with Crippen LogP contribution in [0.1, 0.15) is 30.0 Å². The van der Waals surface area contributed by atoms with Gasteiger partial charge in [-0.1, -0.05) is 0 Å². The lowest BCUT2D eigenvalue weighted by Gasteiger charge is -2.34. The number of hydrazone groups is 1. The molecule has 3 aliphatic heterocycles. The molecule has 196 valence electrons. The van der Waals surface area contributed by atoms with Crippen molar-refractivity contribution in [2.24, 2.45) is 5.10 Å². The molecule has 3 atom stereocenters. The van der Waals surface area contributed by atoms with E-state index in [1.807, 2.05) is 24.0 Å². The maximum absolute atomic E-state index is 15.2. The van der Waals surface area contributed by atoms with Gasteiger partial charge in [-0.15, -0.1) is 0 Å². The van der Waals surface area contributed by atoms with Crippen LogP contribution in [0.15, 0.2) is 35.4 Å². The number of nitrogens with zero attached hydrogens (tertiary/aromatic N) is 4. The second-order valence-electron chi connectivity index (χ2n) is 9.56. The number of likely N-dealkylation sites (tertiary alicyclic amines) is 1. The summed E-state index contributed by atoms with van der Waals surface area (Å²) >= 11 is 0. The molecular formula is C26H30FN5O5. The lowest BCUT2D eigenvalue weighted by Crippen LogP contribution is -2.48. The highest BCUT2D eigenvalue weighted by atomic mass is 19.1.